The predicted molar refractivity (Wildman–Crippen MR) is 66.3 cm³/mol. The zero-order valence-corrected chi connectivity index (χ0v) is 10.2. The SMILES string of the molecule is BOCCCCCCCCCCCC. The Morgan fingerprint density at radius 3 is 1.57 bits per heavy atom. The summed E-state index contributed by atoms with van der Waals surface area (Å²) in [5, 5.41) is 0. The zero-order chi connectivity index (χ0) is 10.5. The molecule has 0 fully saturated rings. The molecular weight excluding hydrogens is 171 g/mol. The minimum Gasteiger partial charge on any atom is -0.444 e. The van der Waals surface area contributed by atoms with Gasteiger partial charge in [-0.3, -0.25) is 0 Å². The first-order valence-electron chi connectivity index (χ1n) is 6.40. The molecule has 0 aromatic carbocycles. The van der Waals surface area contributed by atoms with E-state index in [1.807, 2.05) is 0 Å². The zero-order valence-electron chi connectivity index (χ0n) is 10.2. The van der Waals surface area contributed by atoms with E-state index in [2.05, 4.69) is 6.92 Å². The van der Waals surface area contributed by atoms with Crippen molar-refractivity contribution in [3.63, 3.8) is 0 Å². The van der Waals surface area contributed by atoms with Gasteiger partial charge in [-0.25, -0.2) is 0 Å². The highest BCUT2D eigenvalue weighted by atomic mass is 16.4. The van der Waals surface area contributed by atoms with Crippen LogP contribution < -0.4 is 0 Å². The van der Waals surface area contributed by atoms with Crippen molar-refractivity contribution >= 4 is 8.05 Å². The van der Waals surface area contributed by atoms with Crippen molar-refractivity contribution in [1.82, 2.24) is 0 Å². The van der Waals surface area contributed by atoms with Gasteiger partial charge in [-0.05, 0) is 6.42 Å². The van der Waals surface area contributed by atoms with E-state index < -0.39 is 0 Å². The first kappa shape index (κ1) is 14.0. The lowest BCUT2D eigenvalue weighted by Crippen LogP contribution is -1.89. The molecule has 0 aliphatic carbocycles. The third kappa shape index (κ3) is 12.0. The molecule has 0 radical (unpaired) electrons. The monoisotopic (exact) mass is 198 g/mol. The van der Waals surface area contributed by atoms with E-state index in [4.69, 9.17) is 4.65 Å². The second kappa shape index (κ2) is 13.0. The molecule has 0 spiro atoms. The van der Waals surface area contributed by atoms with Gasteiger partial charge in [0.25, 0.3) is 8.05 Å². The van der Waals surface area contributed by atoms with Crippen molar-refractivity contribution in [2.75, 3.05) is 6.61 Å². The summed E-state index contributed by atoms with van der Waals surface area (Å²) in [7, 11) is 1.79. The molecule has 2 heteroatoms. The third-order valence-corrected chi connectivity index (χ3v) is 2.70. The fourth-order valence-corrected chi connectivity index (χ4v) is 1.73. The molecule has 0 bridgehead atoms. The summed E-state index contributed by atoms with van der Waals surface area (Å²) in [6.45, 7) is 3.21. The van der Waals surface area contributed by atoms with Gasteiger partial charge in [0, 0.05) is 6.61 Å². The number of hydrogen-bond donors (Lipinski definition) is 0. The second-order valence-electron chi connectivity index (χ2n) is 4.17. The molecule has 0 unspecified atom stereocenters. The van der Waals surface area contributed by atoms with Crippen molar-refractivity contribution in [2.45, 2.75) is 71.1 Å². The van der Waals surface area contributed by atoms with Gasteiger partial charge in [0.05, 0.1) is 0 Å². The van der Waals surface area contributed by atoms with Crippen LogP contribution in [0, 0.1) is 0 Å². The summed E-state index contributed by atoms with van der Waals surface area (Å²) in [5.74, 6) is 0. The summed E-state index contributed by atoms with van der Waals surface area (Å²) in [4.78, 5) is 0. The van der Waals surface area contributed by atoms with Crippen molar-refractivity contribution in [1.29, 1.82) is 0 Å². The third-order valence-electron chi connectivity index (χ3n) is 2.70. The van der Waals surface area contributed by atoms with E-state index in [0.717, 1.165) is 6.61 Å². The highest BCUT2D eigenvalue weighted by Crippen LogP contribution is 2.10. The van der Waals surface area contributed by atoms with Crippen LogP contribution in [0.25, 0.3) is 0 Å². The van der Waals surface area contributed by atoms with Crippen LogP contribution in [-0.4, -0.2) is 14.7 Å². The number of hydrogen-bond acceptors (Lipinski definition) is 1. The Hall–Kier alpha value is 0.0249. The molecule has 0 saturated carbocycles. The number of rotatable bonds is 11. The molecule has 0 aliphatic rings. The van der Waals surface area contributed by atoms with E-state index in [1.165, 1.54) is 64.2 Å². The van der Waals surface area contributed by atoms with Gasteiger partial charge < -0.3 is 4.65 Å². The second-order valence-corrected chi connectivity index (χ2v) is 4.17. The normalized spacial score (nSPS) is 10.6. The maximum atomic E-state index is 5.01. The van der Waals surface area contributed by atoms with Crippen LogP contribution in [0.4, 0.5) is 0 Å². The Morgan fingerprint density at radius 1 is 0.714 bits per heavy atom. The molecule has 0 aromatic heterocycles. The summed E-state index contributed by atoms with van der Waals surface area (Å²) in [6, 6.07) is 0. The van der Waals surface area contributed by atoms with Gasteiger partial charge in [0.1, 0.15) is 0 Å². The average Bonchev–Trinajstić information content (AvgIpc) is 2.21. The Morgan fingerprint density at radius 2 is 1.14 bits per heavy atom. The molecule has 0 rings (SSSR count). The van der Waals surface area contributed by atoms with Crippen LogP contribution in [0.2, 0.25) is 0 Å². The molecule has 0 heterocycles. The standard InChI is InChI=1S/C12H27BO/c1-2-3-4-5-6-7-8-9-10-11-12-14-13/h2-13H2,1H3. The predicted octanol–water partition coefficient (Wildman–Crippen LogP) is 3.47. The maximum absolute atomic E-state index is 5.01. The molecule has 0 aromatic rings. The minimum atomic E-state index is 0.941. The largest absolute Gasteiger partial charge is 0.444 e. The average molecular weight is 198 g/mol. The summed E-state index contributed by atoms with van der Waals surface area (Å²) < 4.78 is 5.01. The van der Waals surface area contributed by atoms with Crippen molar-refractivity contribution in [2.24, 2.45) is 0 Å². The van der Waals surface area contributed by atoms with Gasteiger partial charge in [-0.15, -0.1) is 0 Å². The topological polar surface area (TPSA) is 9.23 Å². The molecule has 14 heavy (non-hydrogen) atoms. The van der Waals surface area contributed by atoms with E-state index in [1.54, 1.807) is 8.05 Å². The van der Waals surface area contributed by atoms with Crippen LogP contribution in [0.5, 0.6) is 0 Å². The molecule has 84 valence electrons. The van der Waals surface area contributed by atoms with Gasteiger partial charge >= 0.3 is 0 Å². The highest BCUT2D eigenvalue weighted by Gasteiger charge is 1.91. The molecule has 0 atom stereocenters. The van der Waals surface area contributed by atoms with Crippen LogP contribution in [0.3, 0.4) is 0 Å². The van der Waals surface area contributed by atoms with Gasteiger partial charge in [0.15, 0.2) is 0 Å². The van der Waals surface area contributed by atoms with Gasteiger partial charge in [0.2, 0.25) is 0 Å². The van der Waals surface area contributed by atoms with Crippen molar-refractivity contribution in [3.8, 4) is 0 Å². The van der Waals surface area contributed by atoms with Crippen LogP contribution in [-0.2, 0) is 4.65 Å². The van der Waals surface area contributed by atoms with Crippen LogP contribution in [0.1, 0.15) is 71.1 Å². The molecule has 1 nitrogen and oxygen atoms in total. The van der Waals surface area contributed by atoms with Crippen molar-refractivity contribution < 1.29 is 4.65 Å². The number of unbranched alkanes of at least 4 members (excludes halogenated alkanes) is 9. The fraction of sp³-hybridized carbons (Fsp3) is 1.00. The highest BCUT2D eigenvalue weighted by molar-refractivity contribution is 5.97. The van der Waals surface area contributed by atoms with Crippen LogP contribution >= 0.6 is 0 Å². The van der Waals surface area contributed by atoms with Crippen LogP contribution in [0.15, 0.2) is 0 Å². The van der Waals surface area contributed by atoms with E-state index in [0.29, 0.717) is 0 Å². The van der Waals surface area contributed by atoms with E-state index >= 15 is 0 Å². The molecule has 0 aliphatic heterocycles. The molecule has 0 saturated heterocycles. The van der Waals surface area contributed by atoms with E-state index in [-0.39, 0.29) is 0 Å². The van der Waals surface area contributed by atoms with Crippen molar-refractivity contribution in [3.05, 3.63) is 0 Å². The van der Waals surface area contributed by atoms with Gasteiger partial charge in [-0.1, -0.05) is 64.7 Å². The Kier molecular flexibility index (Phi) is 13.0. The maximum Gasteiger partial charge on any atom is 0.257 e. The molecule has 0 N–H and O–H groups in total. The first-order valence-corrected chi connectivity index (χ1v) is 6.40. The minimum absolute atomic E-state index is 0.941. The lowest BCUT2D eigenvalue weighted by Gasteiger charge is -2.01. The van der Waals surface area contributed by atoms with Gasteiger partial charge in [-0.2, -0.15) is 0 Å². The lowest BCUT2D eigenvalue weighted by molar-refractivity contribution is 0.332. The molecule has 0 amide bonds. The Balaban J connectivity index is 2.78. The van der Waals surface area contributed by atoms with E-state index in [9.17, 15) is 0 Å². The summed E-state index contributed by atoms with van der Waals surface area (Å²) in [6.07, 6.45) is 14.0. The lowest BCUT2D eigenvalue weighted by atomic mass is 10.1. The fourth-order valence-electron chi connectivity index (χ4n) is 1.73. The quantitative estimate of drug-likeness (QED) is 0.365. The first-order chi connectivity index (χ1) is 6.91. The Labute approximate surface area is 91.1 Å². The summed E-state index contributed by atoms with van der Waals surface area (Å²) in [5.41, 5.74) is 0. The smallest absolute Gasteiger partial charge is 0.257 e. The molecular formula is C12H27BO. The Bertz CT molecular complexity index is 84.3. The summed E-state index contributed by atoms with van der Waals surface area (Å²) >= 11 is 0.